The fourth-order valence-electron chi connectivity index (χ4n) is 1.25. The fraction of sp³-hybridized carbons (Fsp3) is 0.273. The first-order valence-corrected chi connectivity index (χ1v) is 5.66. The first kappa shape index (κ1) is 14.6. The summed E-state index contributed by atoms with van der Waals surface area (Å²) in [6.07, 6.45) is 0. The van der Waals surface area contributed by atoms with Gasteiger partial charge >= 0.3 is 5.97 Å². The molecule has 1 rings (SSSR count). The van der Waals surface area contributed by atoms with E-state index in [1.807, 2.05) is 0 Å². The molecule has 0 fully saturated rings. The Labute approximate surface area is 110 Å². The van der Waals surface area contributed by atoms with Crippen LogP contribution in [0.5, 0.6) is 5.75 Å². The summed E-state index contributed by atoms with van der Waals surface area (Å²) in [6, 6.07) is 0.969. The van der Waals surface area contributed by atoms with Gasteiger partial charge in [0, 0.05) is 0 Å². The van der Waals surface area contributed by atoms with Crippen molar-refractivity contribution in [3.8, 4) is 5.75 Å². The molecular formula is C11H9BrF2O4. The van der Waals surface area contributed by atoms with Crippen molar-refractivity contribution in [3.63, 3.8) is 0 Å². The number of hydrogen-bond donors (Lipinski definition) is 0. The molecule has 1 aromatic carbocycles. The van der Waals surface area contributed by atoms with E-state index in [1.54, 1.807) is 0 Å². The van der Waals surface area contributed by atoms with Gasteiger partial charge in [0.15, 0.2) is 11.6 Å². The second kappa shape index (κ2) is 5.90. The number of rotatable bonds is 4. The highest BCUT2D eigenvalue weighted by molar-refractivity contribution is 9.10. The van der Waals surface area contributed by atoms with Gasteiger partial charge in [-0.3, -0.25) is 4.79 Å². The first-order chi connectivity index (χ1) is 8.43. The maximum absolute atomic E-state index is 13.5. The van der Waals surface area contributed by atoms with Gasteiger partial charge in [0.05, 0.1) is 23.8 Å². The predicted molar refractivity (Wildman–Crippen MR) is 61.6 cm³/mol. The Hall–Kier alpha value is -1.50. The SMILES string of the molecule is CCOC(=O)C(=O)c1cc(Br)c(F)c(F)c1OC. The minimum atomic E-state index is -1.35. The van der Waals surface area contributed by atoms with Crippen LogP contribution in [0.25, 0.3) is 0 Å². The molecular weight excluding hydrogens is 314 g/mol. The lowest BCUT2D eigenvalue weighted by molar-refractivity contribution is -0.137. The minimum absolute atomic E-state index is 0.00225. The maximum Gasteiger partial charge on any atom is 0.379 e. The van der Waals surface area contributed by atoms with Crippen molar-refractivity contribution in [3.05, 3.63) is 27.7 Å². The van der Waals surface area contributed by atoms with Crippen LogP contribution in [-0.4, -0.2) is 25.5 Å². The third-order valence-corrected chi connectivity index (χ3v) is 2.60. The number of methoxy groups -OCH3 is 1. The molecule has 98 valence electrons. The van der Waals surface area contributed by atoms with Crippen LogP contribution in [0, 0.1) is 11.6 Å². The number of carbonyl (C=O) groups excluding carboxylic acids is 2. The topological polar surface area (TPSA) is 52.6 Å². The molecule has 0 radical (unpaired) electrons. The van der Waals surface area contributed by atoms with Crippen molar-refractivity contribution in [2.24, 2.45) is 0 Å². The quantitative estimate of drug-likeness (QED) is 0.370. The van der Waals surface area contributed by atoms with Gasteiger partial charge in [0.25, 0.3) is 5.78 Å². The van der Waals surface area contributed by atoms with Crippen molar-refractivity contribution >= 4 is 27.7 Å². The van der Waals surface area contributed by atoms with Crippen molar-refractivity contribution in [2.45, 2.75) is 6.92 Å². The molecule has 0 heterocycles. The molecule has 0 aromatic heterocycles. The Bertz CT molecular complexity index is 502. The average molecular weight is 323 g/mol. The van der Waals surface area contributed by atoms with Crippen LogP contribution in [-0.2, 0) is 9.53 Å². The van der Waals surface area contributed by atoms with Gasteiger partial charge in [0.2, 0.25) is 5.82 Å². The van der Waals surface area contributed by atoms with Crippen LogP contribution in [0.3, 0.4) is 0 Å². The van der Waals surface area contributed by atoms with Crippen LogP contribution in [0.4, 0.5) is 8.78 Å². The molecule has 0 saturated carbocycles. The van der Waals surface area contributed by atoms with Crippen molar-refractivity contribution in [2.75, 3.05) is 13.7 Å². The number of ketones is 1. The van der Waals surface area contributed by atoms with E-state index in [-0.39, 0.29) is 11.1 Å². The van der Waals surface area contributed by atoms with E-state index in [2.05, 4.69) is 25.4 Å². The van der Waals surface area contributed by atoms with E-state index in [0.29, 0.717) is 0 Å². The normalized spacial score (nSPS) is 10.1. The van der Waals surface area contributed by atoms with E-state index in [9.17, 15) is 18.4 Å². The van der Waals surface area contributed by atoms with Crippen LogP contribution in [0.1, 0.15) is 17.3 Å². The summed E-state index contributed by atoms with van der Waals surface area (Å²) in [5.41, 5.74) is -0.401. The second-order valence-corrected chi connectivity index (χ2v) is 3.97. The highest BCUT2D eigenvalue weighted by Gasteiger charge is 2.27. The Morgan fingerprint density at radius 3 is 2.44 bits per heavy atom. The van der Waals surface area contributed by atoms with Crippen molar-refractivity contribution < 1.29 is 27.8 Å². The summed E-state index contributed by atoms with van der Waals surface area (Å²) in [4.78, 5) is 22.9. The van der Waals surface area contributed by atoms with Crippen molar-refractivity contribution in [1.29, 1.82) is 0 Å². The van der Waals surface area contributed by atoms with E-state index >= 15 is 0 Å². The standard InChI is InChI=1S/C11H9BrF2O4/c1-3-18-11(16)9(15)5-4-6(12)7(13)8(14)10(5)17-2/h4H,3H2,1-2H3. The Morgan fingerprint density at radius 2 is 1.94 bits per heavy atom. The highest BCUT2D eigenvalue weighted by Crippen LogP contribution is 2.31. The summed E-state index contributed by atoms with van der Waals surface area (Å²) >= 11 is 2.74. The molecule has 0 aliphatic rings. The molecule has 0 amide bonds. The molecule has 0 N–H and O–H groups in total. The van der Waals surface area contributed by atoms with Crippen LogP contribution < -0.4 is 4.74 Å². The lowest BCUT2D eigenvalue weighted by Crippen LogP contribution is -2.19. The first-order valence-electron chi connectivity index (χ1n) is 4.86. The third kappa shape index (κ3) is 2.66. The molecule has 7 heteroatoms. The molecule has 18 heavy (non-hydrogen) atoms. The maximum atomic E-state index is 13.5. The number of carbonyl (C=O) groups is 2. The van der Waals surface area contributed by atoms with Gasteiger partial charge < -0.3 is 9.47 Å². The van der Waals surface area contributed by atoms with Gasteiger partial charge in [-0.1, -0.05) is 0 Å². The monoisotopic (exact) mass is 322 g/mol. The summed E-state index contributed by atoms with van der Waals surface area (Å²) < 4.78 is 35.5. The van der Waals surface area contributed by atoms with Crippen molar-refractivity contribution in [1.82, 2.24) is 0 Å². The smallest absolute Gasteiger partial charge is 0.379 e. The van der Waals surface area contributed by atoms with Gasteiger partial charge in [-0.25, -0.2) is 9.18 Å². The minimum Gasteiger partial charge on any atom is -0.493 e. The van der Waals surface area contributed by atoms with E-state index in [4.69, 9.17) is 0 Å². The lowest BCUT2D eigenvalue weighted by atomic mass is 10.1. The molecule has 0 bridgehead atoms. The number of Topliss-reactive ketones (excluding diaryl/α,β-unsaturated/α-hetero) is 1. The van der Waals surface area contributed by atoms with Crippen LogP contribution >= 0.6 is 15.9 Å². The molecule has 4 nitrogen and oxygen atoms in total. The summed E-state index contributed by atoms with van der Waals surface area (Å²) in [5.74, 6) is -5.44. The molecule has 0 aliphatic carbocycles. The number of ether oxygens (including phenoxy) is 2. The summed E-state index contributed by atoms with van der Waals surface area (Å²) in [7, 11) is 1.06. The Balaban J connectivity index is 3.32. The molecule has 0 saturated heterocycles. The molecule has 0 atom stereocenters. The Kier molecular flexibility index (Phi) is 4.77. The zero-order chi connectivity index (χ0) is 13.9. The van der Waals surface area contributed by atoms with Crippen LogP contribution in [0.2, 0.25) is 0 Å². The fourth-order valence-corrected chi connectivity index (χ4v) is 1.66. The highest BCUT2D eigenvalue weighted by atomic mass is 79.9. The zero-order valence-corrected chi connectivity index (χ0v) is 11.1. The van der Waals surface area contributed by atoms with Gasteiger partial charge in [-0.15, -0.1) is 0 Å². The number of benzene rings is 1. The largest absolute Gasteiger partial charge is 0.493 e. The average Bonchev–Trinajstić information content (AvgIpc) is 2.35. The van der Waals surface area contributed by atoms with E-state index in [1.165, 1.54) is 6.92 Å². The van der Waals surface area contributed by atoms with E-state index < -0.39 is 34.7 Å². The third-order valence-electron chi connectivity index (χ3n) is 2.03. The van der Waals surface area contributed by atoms with Crippen LogP contribution in [0.15, 0.2) is 10.5 Å². The molecule has 0 spiro atoms. The zero-order valence-electron chi connectivity index (χ0n) is 9.55. The van der Waals surface area contributed by atoms with E-state index in [0.717, 1.165) is 13.2 Å². The van der Waals surface area contributed by atoms with Gasteiger partial charge in [-0.05, 0) is 28.9 Å². The molecule has 1 aromatic rings. The molecule has 0 unspecified atom stereocenters. The lowest BCUT2D eigenvalue weighted by Gasteiger charge is -2.09. The molecule has 0 aliphatic heterocycles. The predicted octanol–water partition coefficient (Wildman–Crippen LogP) is 2.48. The number of hydrogen-bond acceptors (Lipinski definition) is 4. The second-order valence-electron chi connectivity index (χ2n) is 3.12. The summed E-state index contributed by atoms with van der Waals surface area (Å²) in [5, 5.41) is 0. The number of halogens is 3. The van der Waals surface area contributed by atoms with Gasteiger partial charge in [0.1, 0.15) is 0 Å². The van der Waals surface area contributed by atoms with Gasteiger partial charge in [-0.2, -0.15) is 4.39 Å². The number of esters is 1. The summed E-state index contributed by atoms with van der Waals surface area (Å²) in [6.45, 7) is 1.52. The Morgan fingerprint density at radius 1 is 1.33 bits per heavy atom.